The number of ether oxygens (including phenoxy) is 1. The first-order chi connectivity index (χ1) is 8.75. The third-order valence-corrected chi connectivity index (χ3v) is 3.16. The van der Waals surface area contributed by atoms with Crippen LogP contribution in [-0.2, 0) is 0 Å². The second kappa shape index (κ2) is 6.64. The molecule has 0 unspecified atom stereocenters. The summed E-state index contributed by atoms with van der Waals surface area (Å²) in [6.07, 6.45) is 2.77. The summed E-state index contributed by atoms with van der Waals surface area (Å²) in [4.78, 5) is 2.45. The molecule has 0 atom stereocenters. The Morgan fingerprint density at radius 3 is 2.56 bits per heavy atom. The van der Waals surface area contributed by atoms with Crippen molar-refractivity contribution >= 4 is 5.69 Å². The molecule has 0 spiro atoms. The van der Waals surface area contributed by atoms with E-state index in [1.54, 1.807) is 0 Å². The van der Waals surface area contributed by atoms with E-state index >= 15 is 0 Å². The van der Waals surface area contributed by atoms with Crippen molar-refractivity contribution < 1.29 is 4.74 Å². The molecule has 1 aromatic rings. The fraction of sp³-hybridized carbons (Fsp3) is 0.600. The van der Waals surface area contributed by atoms with Gasteiger partial charge in [0.1, 0.15) is 5.75 Å². The molecule has 3 heteroatoms. The van der Waals surface area contributed by atoms with Crippen molar-refractivity contribution in [3.63, 3.8) is 0 Å². The van der Waals surface area contributed by atoms with E-state index in [-0.39, 0.29) is 6.10 Å². The molecule has 1 aliphatic heterocycles. The van der Waals surface area contributed by atoms with Gasteiger partial charge in [0, 0.05) is 25.3 Å². The van der Waals surface area contributed by atoms with Crippen LogP contribution in [0, 0.1) is 0 Å². The molecule has 1 heterocycles. The van der Waals surface area contributed by atoms with Gasteiger partial charge >= 0.3 is 0 Å². The molecular formula is C15H24N2O. The Labute approximate surface area is 110 Å². The Balaban J connectivity index is 1.98. The van der Waals surface area contributed by atoms with Crippen molar-refractivity contribution in [1.29, 1.82) is 0 Å². The Morgan fingerprint density at radius 2 is 1.83 bits per heavy atom. The minimum absolute atomic E-state index is 0.238. The monoisotopic (exact) mass is 248 g/mol. The highest BCUT2D eigenvalue weighted by atomic mass is 16.5. The molecule has 2 rings (SSSR count). The SMILES string of the molecule is CC(C)Oc1ccc(N2CCCCNCC2)cc1. The maximum absolute atomic E-state index is 5.67. The van der Waals surface area contributed by atoms with Crippen molar-refractivity contribution in [3.8, 4) is 5.75 Å². The molecular weight excluding hydrogens is 224 g/mol. The number of nitrogens with zero attached hydrogens (tertiary/aromatic N) is 1. The van der Waals surface area contributed by atoms with Gasteiger partial charge in [0.05, 0.1) is 6.10 Å². The summed E-state index contributed by atoms with van der Waals surface area (Å²) in [6.45, 7) is 8.59. The number of anilines is 1. The van der Waals surface area contributed by atoms with E-state index in [4.69, 9.17) is 4.74 Å². The molecule has 0 radical (unpaired) electrons. The van der Waals surface area contributed by atoms with Gasteiger partial charge in [-0.3, -0.25) is 0 Å². The first-order valence-corrected chi connectivity index (χ1v) is 6.98. The van der Waals surface area contributed by atoms with Crippen LogP contribution in [-0.4, -0.2) is 32.3 Å². The van der Waals surface area contributed by atoms with Gasteiger partial charge in [0.15, 0.2) is 0 Å². The minimum Gasteiger partial charge on any atom is -0.491 e. The maximum atomic E-state index is 5.67. The molecule has 1 fully saturated rings. The van der Waals surface area contributed by atoms with E-state index in [0.717, 1.165) is 31.9 Å². The topological polar surface area (TPSA) is 24.5 Å². The molecule has 0 amide bonds. The summed E-state index contributed by atoms with van der Waals surface area (Å²) in [5, 5.41) is 3.46. The summed E-state index contributed by atoms with van der Waals surface area (Å²) >= 11 is 0. The first kappa shape index (κ1) is 13.2. The highest BCUT2D eigenvalue weighted by Crippen LogP contribution is 2.20. The van der Waals surface area contributed by atoms with E-state index < -0.39 is 0 Å². The van der Waals surface area contributed by atoms with Gasteiger partial charge in [-0.05, 0) is 57.5 Å². The minimum atomic E-state index is 0.238. The van der Waals surface area contributed by atoms with Crippen LogP contribution in [0.3, 0.4) is 0 Å². The van der Waals surface area contributed by atoms with Crippen molar-refractivity contribution in [1.82, 2.24) is 5.32 Å². The molecule has 0 saturated carbocycles. The van der Waals surface area contributed by atoms with Gasteiger partial charge in [-0.2, -0.15) is 0 Å². The van der Waals surface area contributed by atoms with Crippen LogP contribution in [0.1, 0.15) is 26.7 Å². The molecule has 0 aliphatic carbocycles. The average Bonchev–Trinajstić information content (AvgIpc) is 2.29. The van der Waals surface area contributed by atoms with E-state index in [1.807, 2.05) is 0 Å². The zero-order valence-electron chi connectivity index (χ0n) is 11.5. The summed E-state index contributed by atoms with van der Waals surface area (Å²) in [6, 6.07) is 8.47. The third kappa shape index (κ3) is 3.91. The quantitative estimate of drug-likeness (QED) is 0.890. The fourth-order valence-electron chi connectivity index (χ4n) is 2.27. The Hall–Kier alpha value is -1.22. The van der Waals surface area contributed by atoms with Crippen molar-refractivity contribution in [2.45, 2.75) is 32.8 Å². The zero-order chi connectivity index (χ0) is 12.8. The van der Waals surface area contributed by atoms with Crippen LogP contribution in [0.5, 0.6) is 5.75 Å². The largest absolute Gasteiger partial charge is 0.491 e. The van der Waals surface area contributed by atoms with Crippen LogP contribution >= 0.6 is 0 Å². The molecule has 1 N–H and O–H groups in total. The molecule has 1 saturated heterocycles. The number of hydrogen-bond acceptors (Lipinski definition) is 3. The second-order valence-electron chi connectivity index (χ2n) is 5.10. The van der Waals surface area contributed by atoms with Gasteiger partial charge in [0.2, 0.25) is 0 Å². The Kier molecular flexibility index (Phi) is 4.88. The smallest absolute Gasteiger partial charge is 0.119 e. The maximum Gasteiger partial charge on any atom is 0.119 e. The van der Waals surface area contributed by atoms with Crippen LogP contribution < -0.4 is 15.0 Å². The number of benzene rings is 1. The molecule has 18 heavy (non-hydrogen) atoms. The standard InChI is InChI=1S/C15H24N2O/c1-13(2)18-15-7-5-14(6-8-15)17-11-4-3-9-16-10-12-17/h5-8,13,16H,3-4,9-12H2,1-2H3. The van der Waals surface area contributed by atoms with Crippen LogP contribution in [0.25, 0.3) is 0 Å². The van der Waals surface area contributed by atoms with Crippen molar-refractivity contribution in [2.75, 3.05) is 31.1 Å². The highest BCUT2D eigenvalue weighted by molar-refractivity contribution is 5.49. The predicted octanol–water partition coefficient (Wildman–Crippen LogP) is 2.66. The second-order valence-corrected chi connectivity index (χ2v) is 5.10. The molecule has 100 valence electrons. The van der Waals surface area contributed by atoms with E-state index in [2.05, 4.69) is 48.3 Å². The lowest BCUT2D eigenvalue weighted by Crippen LogP contribution is -2.36. The fourth-order valence-corrected chi connectivity index (χ4v) is 2.27. The molecule has 1 aromatic carbocycles. The van der Waals surface area contributed by atoms with Gasteiger partial charge in [-0.1, -0.05) is 0 Å². The Bertz CT molecular complexity index is 340. The summed E-state index contributed by atoms with van der Waals surface area (Å²) in [7, 11) is 0. The van der Waals surface area contributed by atoms with Gasteiger partial charge < -0.3 is 15.0 Å². The van der Waals surface area contributed by atoms with Crippen LogP contribution in [0.2, 0.25) is 0 Å². The molecule has 3 nitrogen and oxygen atoms in total. The lowest BCUT2D eigenvalue weighted by molar-refractivity contribution is 0.242. The van der Waals surface area contributed by atoms with E-state index in [0.29, 0.717) is 0 Å². The van der Waals surface area contributed by atoms with E-state index in [9.17, 15) is 0 Å². The number of rotatable bonds is 3. The van der Waals surface area contributed by atoms with Crippen molar-refractivity contribution in [2.24, 2.45) is 0 Å². The summed E-state index contributed by atoms with van der Waals surface area (Å²) in [5.74, 6) is 0.957. The van der Waals surface area contributed by atoms with Gasteiger partial charge in [0.25, 0.3) is 0 Å². The Morgan fingerprint density at radius 1 is 1.06 bits per heavy atom. The van der Waals surface area contributed by atoms with Gasteiger partial charge in [-0.15, -0.1) is 0 Å². The predicted molar refractivity (Wildman–Crippen MR) is 76.5 cm³/mol. The summed E-state index contributed by atoms with van der Waals surface area (Å²) in [5.41, 5.74) is 1.30. The normalized spacial score (nSPS) is 17.4. The number of nitrogens with one attached hydrogen (secondary N) is 1. The van der Waals surface area contributed by atoms with E-state index in [1.165, 1.54) is 18.5 Å². The first-order valence-electron chi connectivity index (χ1n) is 6.98. The van der Waals surface area contributed by atoms with Crippen LogP contribution in [0.15, 0.2) is 24.3 Å². The molecule has 0 bridgehead atoms. The zero-order valence-corrected chi connectivity index (χ0v) is 11.5. The average molecular weight is 248 g/mol. The third-order valence-electron chi connectivity index (χ3n) is 3.16. The van der Waals surface area contributed by atoms with Gasteiger partial charge in [-0.25, -0.2) is 0 Å². The molecule has 1 aliphatic rings. The van der Waals surface area contributed by atoms with Crippen LogP contribution in [0.4, 0.5) is 5.69 Å². The lowest BCUT2D eigenvalue weighted by Gasteiger charge is -2.27. The number of hydrogen-bond donors (Lipinski definition) is 1. The highest BCUT2D eigenvalue weighted by Gasteiger charge is 2.08. The van der Waals surface area contributed by atoms with Crippen molar-refractivity contribution in [3.05, 3.63) is 24.3 Å². The lowest BCUT2D eigenvalue weighted by atomic mass is 10.2. The summed E-state index contributed by atoms with van der Waals surface area (Å²) < 4.78 is 5.67. The molecule has 0 aromatic heterocycles.